The van der Waals surface area contributed by atoms with Crippen molar-refractivity contribution < 1.29 is 9.90 Å². The molecule has 0 saturated heterocycles. The highest BCUT2D eigenvalue weighted by molar-refractivity contribution is 9.10. The number of hydrogen-bond donors (Lipinski definition) is 2. The summed E-state index contributed by atoms with van der Waals surface area (Å²) in [6, 6.07) is 5.60. The summed E-state index contributed by atoms with van der Waals surface area (Å²) in [5, 5.41) is 12.8. The van der Waals surface area contributed by atoms with Crippen LogP contribution in [0.25, 0.3) is 0 Å². The van der Waals surface area contributed by atoms with Crippen LogP contribution in [-0.4, -0.2) is 23.7 Å². The van der Waals surface area contributed by atoms with Gasteiger partial charge in [-0.25, -0.2) is 0 Å². The molecule has 1 amide bonds. The summed E-state index contributed by atoms with van der Waals surface area (Å²) in [5.74, 6) is 0.0821. The number of rotatable bonds is 6. The molecule has 1 atom stereocenters. The first-order chi connectivity index (χ1) is 8.99. The van der Waals surface area contributed by atoms with Crippen molar-refractivity contribution in [1.29, 1.82) is 0 Å². The normalized spacial score (nSPS) is 12.5. The fourth-order valence-corrected chi connectivity index (χ4v) is 2.77. The molecule has 0 aliphatic rings. The van der Waals surface area contributed by atoms with Crippen molar-refractivity contribution in [2.75, 3.05) is 6.54 Å². The fourth-order valence-electron chi connectivity index (χ4n) is 2.10. The van der Waals surface area contributed by atoms with Crippen LogP contribution >= 0.6 is 15.9 Å². The third-order valence-corrected chi connectivity index (χ3v) is 4.09. The van der Waals surface area contributed by atoms with Crippen LogP contribution in [0.2, 0.25) is 0 Å². The van der Waals surface area contributed by atoms with E-state index in [9.17, 15) is 9.90 Å². The Morgan fingerprint density at radius 3 is 2.53 bits per heavy atom. The van der Waals surface area contributed by atoms with Crippen molar-refractivity contribution in [2.45, 2.75) is 39.7 Å². The number of carbonyl (C=O) groups excluding carboxylic acids is 1. The molecule has 3 nitrogen and oxygen atoms in total. The van der Waals surface area contributed by atoms with Gasteiger partial charge in [0.05, 0.1) is 11.7 Å². The summed E-state index contributed by atoms with van der Waals surface area (Å²) < 4.78 is 0.780. The lowest BCUT2D eigenvalue weighted by Crippen LogP contribution is -2.36. The molecule has 1 unspecified atom stereocenters. The highest BCUT2D eigenvalue weighted by Crippen LogP contribution is 2.18. The van der Waals surface area contributed by atoms with Gasteiger partial charge in [0.25, 0.3) is 5.91 Å². The van der Waals surface area contributed by atoms with E-state index in [0.29, 0.717) is 12.1 Å². The minimum atomic E-state index is -0.483. The minimum Gasteiger partial charge on any atom is -0.391 e. The highest BCUT2D eigenvalue weighted by atomic mass is 79.9. The van der Waals surface area contributed by atoms with Crippen LogP contribution in [0.3, 0.4) is 0 Å². The molecular formula is C15H22BrNO2. The monoisotopic (exact) mass is 327 g/mol. The van der Waals surface area contributed by atoms with Gasteiger partial charge in [0.1, 0.15) is 0 Å². The maximum atomic E-state index is 12.0. The first-order valence-electron chi connectivity index (χ1n) is 6.72. The topological polar surface area (TPSA) is 49.3 Å². The van der Waals surface area contributed by atoms with Crippen molar-refractivity contribution in [3.8, 4) is 0 Å². The Morgan fingerprint density at radius 2 is 2.00 bits per heavy atom. The molecule has 1 aromatic carbocycles. The minimum absolute atomic E-state index is 0.156. The van der Waals surface area contributed by atoms with E-state index < -0.39 is 6.10 Å². The number of carbonyl (C=O) groups is 1. The molecule has 1 aromatic rings. The molecule has 4 heteroatoms. The molecule has 106 valence electrons. The standard InChI is InChI=1S/C15H22BrNO2/c1-4-11(5-2)14(18)9-17-15(19)12-7-6-10(3)8-13(12)16/h6-8,11,14,18H,4-5,9H2,1-3H3,(H,17,19). The second kappa shape index (κ2) is 7.65. The number of aliphatic hydroxyl groups is 1. The van der Waals surface area contributed by atoms with Gasteiger partial charge in [0, 0.05) is 11.0 Å². The maximum absolute atomic E-state index is 12.0. The molecule has 0 aliphatic carbocycles. The Kier molecular flexibility index (Phi) is 6.52. The quantitative estimate of drug-likeness (QED) is 0.842. The van der Waals surface area contributed by atoms with Crippen LogP contribution < -0.4 is 5.32 Å². The molecule has 19 heavy (non-hydrogen) atoms. The number of benzene rings is 1. The van der Waals surface area contributed by atoms with Gasteiger partial charge in [-0.15, -0.1) is 0 Å². The molecule has 0 radical (unpaired) electrons. The van der Waals surface area contributed by atoms with Crippen molar-refractivity contribution >= 4 is 21.8 Å². The van der Waals surface area contributed by atoms with Crippen LogP contribution in [0.1, 0.15) is 42.6 Å². The average Bonchev–Trinajstić information content (AvgIpc) is 2.37. The Balaban J connectivity index is 2.60. The van der Waals surface area contributed by atoms with Crippen molar-refractivity contribution in [1.82, 2.24) is 5.32 Å². The predicted octanol–water partition coefficient (Wildman–Crippen LogP) is 3.28. The molecule has 1 rings (SSSR count). The van der Waals surface area contributed by atoms with E-state index in [1.165, 1.54) is 0 Å². The average molecular weight is 328 g/mol. The molecule has 2 N–H and O–H groups in total. The molecular weight excluding hydrogens is 306 g/mol. The molecule has 0 aliphatic heterocycles. The largest absolute Gasteiger partial charge is 0.391 e. The Labute approximate surface area is 123 Å². The Bertz CT molecular complexity index is 430. The van der Waals surface area contributed by atoms with Crippen molar-refractivity contribution in [3.05, 3.63) is 33.8 Å². The second-order valence-corrected chi connectivity index (χ2v) is 5.69. The van der Waals surface area contributed by atoms with E-state index >= 15 is 0 Å². The molecule has 0 aromatic heterocycles. The molecule has 0 heterocycles. The summed E-state index contributed by atoms with van der Waals surface area (Å²) in [7, 11) is 0. The number of amides is 1. The van der Waals surface area contributed by atoms with E-state index in [4.69, 9.17) is 0 Å². The van der Waals surface area contributed by atoms with Crippen LogP contribution in [-0.2, 0) is 0 Å². The van der Waals surface area contributed by atoms with Gasteiger partial charge < -0.3 is 10.4 Å². The molecule has 0 spiro atoms. The van der Waals surface area contributed by atoms with E-state index in [0.717, 1.165) is 22.9 Å². The Morgan fingerprint density at radius 1 is 1.37 bits per heavy atom. The number of hydrogen-bond acceptors (Lipinski definition) is 2. The van der Waals surface area contributed by atoms with E-state index in [1.807, 2.05) is 19.1 Å². The predicted molar refractivity (Wildman–Crippen MR) is 81.3 cm³/mol. The summed E-state index contributed by atoms with van der Waals surface area (Å²) in [4.78, 5) is 12.0. The number of nitrogens with one attached hydrogen (secondary N) is 1. The third kappa shape index (κ3) is 4.62. The fraction of sp³-hybridized carbons (Fsp3) is 0.533. The van der Waals surface area contributed by atoms with Crippen LogP contribution in [0.4, 0.5) is 0 Å². The summed E-state index contributed by atoms with van der Waals surface area (Å²) in [5.41, 5.74) is 1.70. The lowest BCUT2D eigenvalue weighted by Gasteiger charge is -2.20. The van der Waals surface area contributed by atoms with Crippen molar-refractivity contribution in [3.63, 3.8) is 0 Å². The van der Waals surface area contributed by atoms with Gasteiger partial charge in [-0.1, -0.05) is 32.8 Å². The number of aryl methyl sites for hydroxylation is 1. The summed E-state index contributed by atoms with van der Waals surface area (Å²) in [6.07, 6.45) is 1.35. The van der Waals surface area contributed by atoms with Gasteiger partial charge in [-0.05, 0) is 46.5 Å². The molecule has 0 fully saturated rings. The van der Waals surface area contributed by atoms with Gasteiger partial charge in [-0.2, -0.15) is 0 Å². The van der Waals surface area contributed by atoms with Gasteiger partial charge in [-0.3, -0.25) is 4.79 Å². The van der Waals surface area contributed by atoms with E-state index in [-0.39, 0.29) is 11.8 Å². The Hall–Kier alpha value is -0.870. The zero-order valence-corrected chi connectivity index (χ0v) is 13.3. The van der Waals surface area contributed by atoms with Crippen LogP contribution in [0.5, 0.6) is 0 Å². The number of halogens is 1. The first-order valence-corrected chi connectivity index (χ1v) is 7.51. The zero-order chi connectivity index (χ0) is 14.4. The second-order valence-electron chi connectivity index (χ2n) is 4.84. The third-order valence-electron chi connectivity index (χ3n) is 3.43. The lowest BCUT2D eigenvalue weighted by atomic mass is 9.96. The van der Waals surface area contributed by atoms with Gasteiger partial charge in [0.2, 0.25) is 0 Å². The van der Waals surface area contributed by atoms with E-state index in [2.05, 4.69) is 35.1 Å². The van der Waals surface area contributed by atoms with Gasteiger partial charge >= 0.3 is 0 Å². The molecule has 0 bridgehead atoms. The van der Waals surface area contributed by atoms with Crippen molar-refractivity contribution in [2.24, 2.45) is 5.92 Å². The number of aliphatic hydroxyl groups excluding tert-OH is 1. The zero-order valence-electron chi connectivity index (χ0n) is 11.7. The van der Waals surface area contributed by atoms with Crippen LogP contribution in [0, 0.1) is 12.8 Å². The van der Waals surface area contributed by atoms with E-state index in [1.54, 1.807) is 6.07 Å². The van der Waals surface area contributed by atoms with Gasteiger partial charge in [0.15, 0.2) is 0 Å². The van der Waals surface area contributed by atoms with Crippen LogP contribution in [0.15, 0.2) is 22.7 Å². The lowest BCUT2D eigenvalue weighted by molar-refractivity contribution is 0.0816. The molecule has 0 saturated carbocycles. The maximum Gasteiger partial charge on any atom is 0.252 e. The smallest absolute Gasteiger partial charge is 0.252 e. The summed E-state index contributed by atoms with van der Waals surface area (Å²) >= 11 is 3.39. The summed E-state index contributed by atoms with van der Waals surface area (Å²) in [6.45, 7) is 6.38. The first kappa shape index (κ1) is 16.2. The SMILES string of the molecule is CCC(CC)C(O)CNC(=O)c1ccc(C)cc1Br. The highest BCUT2D eigenvalue weighted by Gasteiger charge is 2.17.